The maximum absolute atomic E-state index is 11.9. The first-order chi connectivity index (χ1) is 12.5. The minimum atomic E-state index is -0.510. The lowest BCUT2D eigenvalue weighted by molar-refractivity contribution is -0.385. The molecule has 0 saturated carbocycles. The van der Waals surface area contributed by atoms with E-state index < -0.39 is 10.8 Å². The van der Waals surface area contributed by atoms with Gasteiger partial charge in [0.15, 0.2) is 0 Å². The van der Waals surface area contributed by atoms with E-state index in [-0.39, 0.29) is 24.7 Å². The summed E-state index contributed by atoms with van der Waals surface area (Å²) >= 11 is 5.76. The molecule has 2 aromatic rings. The Morgan fingerprint density at radius 1 is 1.04 bits per heavy atom. The molecule has 0 unspecified atom stereocenters. The number of benzene rings is 2. The highest BCUT2D eigenvalue weighted by atomic mass is 35.5. The lowest BCUT2D eigenvalue weighted by Gasteiger charge is -2.06. The highest BCUT2D eigenvalue weighted by Crippen LogP contribution is 2.18. The SMILES string of the molecule is O=C(/C=C/c1ccccc1[N+](=O)[O-])NCCNC(=O)c1ccc(Cl)cc1. The zero-order chi connectivity index (χ0) is 18.9. The van der Waals surface area contributed by atoms with E-state index in [1.807, 2.05) is 0 Å². The third-order valence-corrected chi connectivity index (χ3v) is 3.62. The number of hydrogen-bond acceptors (Lipinski definition) is 4. The number of hydrogen-bond donors (Lipinski definition) is 2. The third kappa shape index (κ3) is 5.71. The predicted octanol–water partition coefficient (Wildman–Crippen LogP) is 2.81. The highest BCUT2D eigenvalue weighted by Gasteiger charge is 2.09. The average Bonchev–Trinajstić information content (AvgIpc) is 2.64. The van der Waals surface area contributed by atoms with Crippen LogP contribution in [0.4, 0.5) is 5.69 Å². The molecule has 26 heavy (non-hydrogen) atoms. The number of halogens is 1. The molecule has 0 fully saturated rings. The molecule has 0 atom stereocenters. The number of nitro benzene ring substituents is 1. The van der Waals surface area contributed by atoms with Crippen molar-refractivity contribution in [1.82, 2.24) is 10.6 Å². The van der Waals surface area contributed by atoms with Crippen LogP contribution in [0, 0.1) is 10.1 Å². The lowest BCUT2D eigenvalue weighted by Crippen LogP contribution is -2.33. The van der Waals surface area contributed by atoms with E-state index >= 15 is 0 Å². The average molecular weight is 374 g/mol. The van der Waals surface area contributed by atoms with Gasteiger partial charge in [0.2, 0.25) is 5.91 Å². The molecule has 0 heterocycles. The zero-order valence-electron chi connectivity index (χ0n) is 13.6. The van der Waals surface area contributed by atoms with Gasteiger partial charge in [-0.25, -0.2) is 0 Å². The largest absolute Gasteiger partial charge is 0.351 e. The number of rotatable bonds is 7. The van der Waals surface area contributed by atoms with Crippen molar-refractivity contribution in [2.75, 3.05) is 13.1 Å². The molecule has 0 aromatic heterocycles. The molecule has 134 valence electrons. The molecule has 0 aliphatic rings. The molecule has 0 aliphatic carbocycles. The van der Waals surface area contributed by atoms with Crippen LogP contribution in [-0.4, -0.2) is 29.8 Å². The molecule has 0 bridgehead atoms. The van der Waals surface area contributed by atoms with Crippen molar-refractivity contribution < 1.29 is 14.5 Å². The van der Waals surface area contributed by atoms with Crippen molar-refractivity contribution in [2.24, 2.45) is 0 Å². The Hall–Kier alpha value is -3.19. The Bertz CT molecular complexity index is 835. The van der Waals surface area contributed by atoms with Crippen molar-refractivity contribution in [3.8, 4) is 0 Å². The van der Waals surface area contributed by atoms with Gasteiger partial charge in [-0.3, -0.25) is 19.7 Å². The fraction of sp³-hybridized carbons (Fsp3) is 0.111. The molecule has 0 spiro atoms. The number of carbonyl (C=O) groups excluding carboxylic acids is 2. The van der Waals surface area contributed by atoms with E-state index in [1.165, 1.54) is 18.2 Å². The van der Waals surface area contributed by atoms with Crippen molar-refractivity contribution >= 4 is 35.2 Å². The zero-order valence-corrected chi connectivity index (χ0v) is 14.4. The van der Waals surface area contributed by atoms with Crippen molar-refractivity contribution in [2.45, 2.75) is 0 Å². The van der Waals surface area contributed by atoms with Gasteiger partial charge >= 0.3 is 0 Å². The summed E-state index contributed by atoms with van der Waals surface area (Å²) < 4.78 is 0. The van der Waals surface area contributed by atoms with E-state index in [9.17, 15) is 19.7 Å². The Kier molecular flexibility index (Phi) is 6.87. The Balaban J connectivity index is 1.78. The number of nitro groups is 1. The molecule has 7 nitrogen and oxygen atoms in total. The van der Waals surface area contributed by atoms with Gasteiger partial charge < -0.3 is 10.6 Å². The quantitative estimate of drug-likeness (QED) is 0.337. The predicted molar refractivity (Wildman–Crippen MR) is 98.9 cm³/mol. The second-order valence-corrected chi connectivity index (χ2v) is 5.64. The molecule has 2 rings (SSSR count). The Labute approximate surface area is 154 Å². The summed E-state index contributed by atoms with van der Waals surface area (Å²) in [6.07, 6.45) is 2.59. The first kappa shape index (κ1) is 19.1. The van der Waals surface area contributed by atoms with Crippen LogP contribution in [-0.2, 0) is 4.79 Å². The molecule has 8 heteroatoms. The number of nitrogens with one attached hydrogen (secondary N) is 2. The van der Waals surface area contributed by atoms with Crippen molar-refractivity contribution in [1.29, 1.82) is 0 Å². The molecule has 0 saturated heterocycles. The summed E-state index contributed by atoms with van der Waals surface area (Å²) in [5.41, 5.74) is 0.729. The number of nitrogens with zero attached hydrogens (tertiary/aromatic N) is 1. The summed E-state index contributed by atoms with van der Waals surface area (Å²) in [4.78, 5) is 34.0. The van der Waals surface area contributed by atoms with Gasteiger partial charge in [-0.2, -0.15) is 0 Å². The fourth-order valence-corrected chi connectivity index (χ4v) is 2.21. The van der Waals surface area contributed by atoms with E-state index in [0.29, 0.717) is 16.1 Å². The van der Waals surface area contributed by atoms with Gasteiger partial charge in [-0.05, 0) is 36.4 Å². The molecular weight excluding hydrogens is 358 g/mol. The lowest BCUT2D eigenvalue weighted by atomic mass is 10.1. The van der Waals surface area contributed by atoms with Crippen molar-refractivity contribution in [3.63, 3.8) is 0 Å². The highest BCUT2D eigenvalue weighted by molar-refractivity contribution is 6.30. The number of para-hydroxylation sites is 1. The number of amides is 2. The van der Waals surface area contributed by atoms with Gasteiger partial charge in [-0.1, -0.05) is 23.7 Å². The minimum Gasteiger partial charge on any atom is -0.351 e. The van der Waals surface area contributed by atoms with E-state index in [1.54, 1.807) is 42.5 Å². The molecule has 0 radical (unpaired) electrons. The molecule has 2 N–H and O–H groups in total. The summed E-state index contributed by atoms with van der Waals surface area (Å²) in [5.74, 6) is -0.685. The van der Waals surface area contributed by atoms with Gasteiger partial charge in [0.05, 0.1) is 10.5 Å². The second kappa shape index (κ2) is 9.33. The van der Waals surface area contributed by atoms with Gasteiger partial charge in [-0.15, -0.1) is 0 Å². The Morgan fingerprint density at radius 3 is 2.38 bits per heavy atom. The summed E-state index contributed by atoms with van der Waals surface area (Å²) in [7, 11) is 0. The Morgan fingerprint density at radius 2 is 1.69 bits per heavy atom. The first-order valence-electron chi connectivity index (χ1n) is 7.70. The van der Waals surface area contributed by atoms with Crippen LogP contribution in [0.25, 0.3) is 6.08 Å². The maximum atomic E-state index is 11.9. The van der Waals surface area contributed by atoms with Crippen LogP contribution in [0.1, 0.15) is 15.9 Å². The molecule has 2 amide bonds. The molecular formula is C18H16ClN3O4. The maximum Gasteiger partial charge on any atom is 0.276 e. The van der Waals surface area contributed by atoms with Crippen LogP contribution in [0.15, 0.2) is 54.6 Å². The van der Waals surface area contributed by atoms with Crippen LogP contribution in [0.5, 0.6) is 0 Å². The topological polar surface area (TPSA) is 101 Å². The monoisotopic (exact) mass is 373 g/mol. The summed E-state index contributed by atoms with van der Waals surface area (Å²) in [6.45, 7) is 0.464. The van der Waals surface area contributed by atoms with Gasteiger partial charge in [0.25, 0.3) is 11.6 Å². The summed E-state index contributed by atoms with van der Waals surface area (Å²) in [5, 5.41) is 16.7. The van der Waals surface area contributed by atoms with Crippen LogP contribution >= 0.6 is 11.6 Å². The second-order valence-electron chi connectivity index (χ2n) is 5.20. The normalized spacial score (nSPS) is 10.5. The van der Waals surface area contributed by atoms with Crippen LogP contribution in [0.2, 0.25) is 5.02 Å². The van der Waals surface area contributed by atoms with Gasteiger partial charge in [0.1, 0.15) is 0 Å². The molecule has 0 aliphatic heterocycles. The standard InChI is InChI=1S/C18H16ClN3O4/c19-15-8-5-14(6-9-15)18(24)21-12-11-20-17(23)10-7-13-3-1-2-4-16(13)22(25)26/h1-10H,11-12H2,(H,20,23)(H,21,24)/b10-7+. The van der Waals surface area contributed by atoms with Crippen LogP contribution < -0.4 is 10.6 Å². The smallest absolute Gasteiger partial charge is 0.276 e. The minimum absolute atomic E-state index is 0.0771. The van der Waals surface area contributed by atoms with E-state index in [2.05, 4.69) is 10.6 Å². The third-order valence-electron chi connectivity index (χ3n) is 3.36. The number of carbonyl (C=O) groups is 2. The van der Waals surface area contributed by atoms with Crippen LogP contribution in [0.3, 0.4) is 0 Å². The van der Waals surface area contributed by atoms with E-state index in [0.717, 1.165) is 0 Å². The first-order valence-corrected chi connectivity index (χ1v) is 8.08. The summed E-state index contributed by atoms with van der Waals surface area (Å²) in [6, 6.07) is 12.6. The fourth-order valence-electron chi connectivity index (χ4n) is 2.08. The molecule has 2 aromatic carbocycles. The van der Waals surface area contributed by atoms with E-state index in [4.69, 9.17) is 11.6 Å². The van der Waals surface area contributed by atoms with Crippen molar-refractivity contribution in [3.05, 3.63) is 80.9 Å². The van der Waals surface area contributed by atoms with Gasteiger partial charge in [0, 0.05) is 35.8 Å².